The first-order valence-electron chi connectivity index (χ1n) is 8.16. The average molecular weight is 296 g/mol. The van der Waals surface area contributed by atoms with Gasteiger partial charge >= 0.3 is 0 Å². The minimum Gasteiger partial charge on any atom is -0.378 e. The van der Waals surface area contributed by atoms with Crippen molar-refractivity contribution in [2.45, 2.75) is 52.5 Å². The van der Waals surface area contributed by atoms with Crippen LogP contribution >= 0.6 is 0 Å². The summed E-state index contributed by atoms with van der Waals surface area (Å²) in [4.78, 5) is 29.4. The standard InChI is InChI=1S/C16H28N2O3/c1-4-13-7-5-6-8-18(13)15(20)16(2,3)14(19)17-9-11-21-12-10-17/h13H,4-12H2,1-3H3. The predicted molar refractivity (Wildman–Crippen MR) is 80.8 cm³/mol. The average Bonchev–Trinajstić information content (AvgIpc) is 2.54. The molecule has 0 aromatic heterocycles. The van der Waals surface area contributed by atoms with Crippen molar-refractivity contribution >= 4 is 11.8 Å². The molecule has 0 aromatic rings. The van der Waals surface area contributed by atoms with Gasteiger partial charge in [0.25, 0.3) is 0 Å². The lowest BCUT2D eigenvalue weighted by atomic mass is 9.87. The monoisotopic (exact) mass is 296 g/mol. The van der Waals surface area contributed by atoms with Crippen molar-refractivity contribution in [3.8, 4) is 0 Å². The topological polar surface area (TPSA) is 49.9 Å². The summed E-state index contributed by atoms with van der Waals surface area (Å²) < 4.78 is 5.28. The van der Waals surface area contributed by atoms with Gasteiger partial charge in [-0.25, -0.2) is 0 Å². The van der Waals surface area contributed by atoms with Gasteiger partial charge in [0, 0.05) is 25.7 Å². The maximum atomic E-state index is 12.9. The minimum atomic E-state index is -0.970. The molecule has 2 amide bonds. The van der Waals surface area contributed by atoms with Crippen molar-refractivity contribution in [1.82, 2.24) is 9.80 Å². The highest BCUT2D eigenvalue weighted by atomic mass is 16.5. The predicted octanol–water partition coefficient (Wildman–Crippen LogP) is 1.66. The third kappa shape index (κ3) is 3.39. The van der Waals surface area contributed by atoms with E-state index in [1.807, 2.05) is 4.90 Å². The van der Waals surface area contributed by atoms with Gasteiger partial charge in [-0.15, -0.1) is 0 Å². The van der Waals surface area contributed by atoms with Gasteiger partial charge in [0.15, 0.2) is 0 Å². The Morgan fingerprint density at radius 2 is 1.76 bits per heavy atom. The molecule has 0 bridgehead atoms. The van der Waals surface area contributed by atoms with Crippen LogP contribution in [0.25, 0.3) is 0 Å². The van der Waals surface area contributed by atoms with E-state index < -0.39 is 5.41 Å². The maximum Gasteiger partial charge on any atom is 0.237 e. The highest BCUT2D eigenvalue weighted by molar-refractivity contribution is 6.04. The second kappa shape index (κ2) is 6.77. The van der Waals surface area contributed by atoms with Crippen LogP contribution < -0.4 is 0 Å². The van der Waals surface area contributed by atoms with Crippen molar-refractivity contribution in [3.63, 3.8) is 0 Å². The molecule has 2 rings (SSSR count). The Kier molecular flexibility index (Phi) is 5.25. The molecule has 1 atom stereocenters. The maximum absolute atomic E-state index is 12.9. The van der Waals surface area contributed by atoms with Gasteiger partial charge in [-0.1, -0.05) is 6.92 Å². The molecule has 5 nitrogen and oxygen atoms in total. The lowest BCUT2D eigenvalue weighted by Gasteiger charge is -2.41. The van der Waals surface area contributed by atoms with Crippen LogP contribution in [0.2, 0.25) is 0 Å². The van der Waals surface area contributed by atoms with Crippen LogP contribution in [0.4, 0.5) is 0 Å². The van der Waals surface area contributed by atoms with Crippen LogP contribution in [0.5, 0.6) is 0 Å². The molecule has 0 saturated carbocycles. The second-order valence-electron chi connectivity index (χ2n) is 6.59. The highest BCUT2D eigenvalue weighted by Crippen LogP contribution is 2.28. The van der Waals surface area contributed by atoms with E-state index in [4.69, 9.17) is 4.74 Å². The lowest BCUT2D eigenvalue weighted by Crippen LogP contribution is -2.56. The van der Waals surface area contributed by atoms with E-state index in [1.54, 1.807) is 18.7 Å². The van der Waals surface area contributed by atoms with Crippen LogP contribution in [0, 0.1) is 5.41 Å². The quantitative estimate of drug-likeness (QED) is 0.744. The van der Waals surface area contributed by atoms with E-state index >= 15 is 0 Å². The number of hydrogen-bond donors (Lipinski definition) is 0. The zero-order chi connectivity index (χ0) is 15.5. The van der Waals surface area contributed by atoms with Gasteiger partial charge in [-0.05, 0) is 39.5 Å². The first-order chi connectivity index (χ1) is 9.98. The molecule has 1 unspecified atom stereocenters. The normalized spacial score (nSPS) is 24.0. The zero-order valence-electron chi connectivity index (χ0n) is 13.6. The van der Waals surface area contributed by atoms with E-state index in [9.17, 15) is 9.59 Å². The zero-order valence-corrected chi connectivity index (χ0v) is 13.6. The molecule has 0 aliphatic carbocycles. The van der Waals surface area contributed by atoms with Gasteiger partial charge in [-0.3, -0.25) is 9.59 Å². The summed E-state index contributed by atoms with van der Waals surface area (Å²) in [6.07, 6.45) is 4.25. The number of carbonyl (C=O) groups is 2. The van der Waals surface area contributed by atoms with Gasteiger partial charge < -0.3 is 14.5 Å². The van der Waals surface area contributed by atoms with Gasteiger partial charge in [-0.2, -0.15) is 0 Å². The number of piperidine rings is 1. The molecule has 2 saturated heterocycles. The fourth-order valence-corrected chi connectivity index (χ4v) is 3.30. The summed E-state index contributed by atoms with van der Waals surface area (Å²) in [6, 6.07) is 0.294. The third-order valence-electron chi connectivity index (χ3n) is 4.73. The molecular formula is C16H28N2O3. The van der Waals surface area contributed by atoms with E-state index in [0.29, 0.717) is 32.3 Å². The summed E-state index contributed by atoms with van der Waals surface area (Å²) in [7, 11) is 0. The summed E-state index contributed by atoms with van der Waals surface area (Å²) in [5.74, 6) is -0.0678. The summed E-state index contributed by atoms with van der Waals surface area (Å²) in [6.45, 7) is 8.77. The largest absolute Gasteiger partial charge is 0.378 e. The Bertz CT molecular complexity index is 389. The van der Waals surface area contributed by atoms with Crippen LogP contribution in [0.15, 0.2) is 0 Å². The summed E-state index contributed by atoms with van der Waals surface area (Å²) in [5.41, 5.74) is -0.970. The number of nitrogens with zero attached hydrogens (tertiary/aromatic N) is 2. The molecule has 0 N–H and O–H groups in total. The Labute approximate surface area is 127 Å². The molecule has 0 radical (unpaired) electrons. The first kappa shape index (κ1) is 16.3. The van der Waals surface area contributed by atoms with Crippen LogP contribution in [0.1, 0.15) is 46.5 Å². The van der Waals surface area contributed by atoms with E-state index in [2.05, 4.69) is 6.92 Å². The van der Waals surface area contributed by atoms with E-state index in [-0.39, 0.29) is 11.8 Å². The van der Waals surface area contributed by atoms with E-state index in [0.717, 1.165) is 25.8 Å². The third-order valence-corrected chi connectivity index (χ3v) is 4.73. The fraction of sp³-hybridized carbons (Fsp3) is 0.875. The van der Waals surface area contributed by atoms with E-state index in [1.165, 1.54) is 6.42 Å². The van der Waals surface area contributed by atoms with Crippen LogP contribution in [-0.2, 0) is 14.3 Å². The van der Waals surface area contributed by atoms with Crippen molar-refractivity contribution in [2.75, 3.05) is 32.8 Å². The number of carbonyl (C=O) groups excluding carboxylic acids is 2. The molecule has 5 heteroatoms. The van der Waals surface area contributed by atoms with Gasteiger partial charge in [0.05, 0.1) is 13.2 Å². The Morgan fingerprint density at radius 3 is 2.38 bits per heavy atom. The molecule has 120 valence electrons. The molecule has 2 fully saturated rings. The van der Waals surface area contributed by atoms with Crippen molar-refractivity contribution < 1.29 is 14.3 Å². The van der Waals surface area contributed by atoms with Crippen LogP contribution in [-0.4, -0.2) is 60.5 Å². The first-order valence-corrected chi connectivity index (χ1v) is 8.16. The number of ether oxygens (including phenoxy) is 1. The number of likely N-dealkylation sites (tertiary alicyclic amines) is 1. The Morgan fingerprint density at radius 1 is 1.10 bits per heavy atom. The second-order valence-corrected chi connectivity index (χ2v) is 6.59. The number of amides is 2. The SMILES string of the molecule is CCC1CCCCN1C(=O)C(C)(C)C(=O)N1CCOCC1. The van der Waals surface area contributed by atoms with Crippen molar-refractivity contribution in [1.29, 1.82) is 0 Å². The van der Waals surface area contributed by atoms with Crippen LogP contribution in [0.3, 0.4) is 0 Å². The molecular weight excluding hydrogens is 268 g/mol. The lowest BCUT2D eigenvalue weighted by molar-refractivity contribution is -0.158. The van der Waals surface area contributed by atoms with Gasteiger partial charge in [0.1, 0.15) is 5.41 Å². The summed E-state index contributed by atoms with van der Waals surface area (Å²) >= 11 is 0. The molecule has 2 aliphatic rings. The molecule has 2 aliphatic heterocycles. The number of morpholine rings is 1. The highest BCUT2D eigenvalue weighted by Gasteiger charge is 2.43. The number of rotatable bonds is 3. The molecule has 0 spiro atoms. The fourth-order valence-electron chi connectivity index (χ4n) is 3.30. The van der Waals surface area contributed by atoms with Gasteiger partial charge in [0.2, 0.25) is 11.8 Å². The molecule has 21 heavy (non-hydrogen) atoms. The minimum absolute atomic E-state index is 0.00876. The van der Waals surface area contributed by atoms with Crippen molar-refractivity contribution in [3.05, 3.63) is 0 Å². The summed E-state index contributed by atoms with van der Waals surface area (Å²) in [5, 5.41) is 0. The smallest absolute Gasteiger partial charge is 0.237 e. The Hall–Kier alpha value is -1.10. The molecule has 2 heterocycles. The van der Waals surface area contributed by atoms with Crippen molar-refractivity contribution in [2.24, 2.45) is 5.41 Å². The number of hydrogen-bond acceptors (Lipinski definition) is 3. The Balaban J connectivity index is 2.09. The molecule has 0 aromatic carbocycles.